The van der Waals surface area contributed by atoms with Crippen molar-refractivity contribution in [2.75, 3.05) is 20.2 Å². The van der Waals surface area contributed by atoms with Gasteiger partial charge in [-0.2, -0.15) is 0 Å². The van der Waals surface area contributed by atoms with Crippen LogP contribution in [0.1, 0.15) is 17.5 Å². The third kappa shape index (κ3) is 7.92. The quantitative estimate of drug-likeness (QED) is 0.469. The van der Waals surface area contributed by atoms with Crippen molar-refractivity contribution in [1.82, 2.24) is 0 Å². The predicted molar refractivity (Wildman–Crippen MR) is 89.5 cm³/mol. The molecule has 0 aliphatic carbocycles. The molecule has 2 aromatic carbocycles. The number of benzene rings is 2. The summed E-state index contributed by atoms with van der Waals surface area (Å²) >= 11 is 0. The van der Waals surface area contributed by atoms with E-state index in [0.29, 0.717) is 24.2 Å². The van der Waals surface area contributed by atoms with Gasteiger partial charge in [0.25, 0.3) is 0 Å². The molecule has 6 heteroatoms. The Kier molecular flexibility index (Phi) is 12.1. The summed E-state index contributed by atoms with van der Waals surface area (Å²) in [6.07, 6.45) is 3.97. The molecular formula is C18H20CuN2O3. The van der Waals surface area contributed by atoms with Gasteiger partial charge in [-0.15, -0.1) is 11.5 Å². The molecule has 0 saturated heterocycles. The first-order valence-corrected chi connectivity index (χ1v) is 7.24. The Bertz CT molecular complexity index is 590. The molecule has 0 saturated carbocycles. The first-order valence-electron chi connectivity index (χ1n) is 7.24. The first kappa shape index (κ1) is 21.9. The van der Waals surface area contributed by atoms with Crippen LogP contribution in [0.5, 0.6) is 11.5 Å². The number of hydrogen-bond acceptors (Lipinski definition) is 5. The molecule has 0 aromatic heterocycles. The van der Waals surface area contributed by atoms with E-state index in [0.717, 1.165) is 13.5 Å². The summed E-state index contributed by atoms with van der Waals surface area (Å²) in [5.74, 6) is -0.0438. The third-order valence-electron chi connectivity index (χ3n) is 2.87. The van der Waals surface area contributed by atoms with Crippen molar-refractivity contribution >= 4 is 12.4 Å². The van der Waals surface area contributed by atoms with Crippen molar-refractivity contribution in [2.45, 2.75) is 6.42 Å². The van der Waals surface area contributed by atoms with E-state index in [-0.39, 0.29) is 28.6 Å². The summed E-state index contributed by atoms with van der Waals surface area (Å²) in [5.41, 5.74) is 1.20. The van der Waals surface area contributed by atoms with Crippen LogP contribution >= 0.6 is 0 Å². The third-order valence-corrected chi connectivity index (χ3v) is 2.87. The molecule has 0 heterocycles. The van der Waals surface area contributed by atoms with Gasteiger partial charge in [0.05, 0.1) is 0 Å². The second kappa shape index (κ2) is 13.3. The van der Waals surface area contributed by atoms with E-state index in [9.17, 15) is 10.2 Å². The van der Waals surface area contributed by atoms with E-state index < -0.39 is 0 Å². The SMILES string of the molecule is CO.[Cu+2].[O-]c1ccccc1C=NCCCN=Cc1ccccc1[O-]. The van der Waals surface area contributed by atoms with Gasteiger partial charge in [-0.1, -0.05) is 48.5 Å². The van der Waals surface area contributed by atoms with Gasteiger partial charge in [0.15, 0.2) is 0 Å². The molecule has 0 bridgehead atoms. The van der Waals surface area contributed by atoms with E-state index >= 15 is 0 Å². The number of aliphatic hydroxyl groups is 1. The minimum Gasteiger partial charge on any atom is -0.872 e. The van der Waals surface area contributed by atoms with E-state index in [2.05, 4.69) is 9.98 Å². The molecule has 1 N–H and O–H groups in total. The fourth-order valence-electron chi connectivity index (χ4n) is 1.75. The fraction of sp³-hybridized carbons (Fsp3) is 0.222. The molecule has 0 atom stereocenters. The summed E-state index contributed by atoms with van der Waals surface area (Å²) in [7, 11) is 1.00. The van der Waals surface area contributed by atoms with Crippen molar-refractivity contribution in [3.8, 4) is 11.5 Å². The van der Waals surface area contributed by atoms with Crippen LogP contribution in [0.15, 0.2) is 58.5 Å². The van der Waals surface area contributed by atoms with Gasteiger partial charge >= 0.3 is 17.1 Å². The van der Waals surface area contributed by atoms with Crippen LogP contribution in [0, 0.1) is 0 Å². The molecule has 0 amide bonds. The van der Waals surface area contributed by atoms with E-state index in [1.54, 1.807) is 36.7 Å². The summed E-state index contributed by atoms with van der Waals surface area (Å²) in [6, 6.07) is 13.6. The number of nitrogens with zero attached hydrogens (tertiary/aromatic N) is 2. The monoisotopic (exact) mass is 375 g/mol. The van der Waals surface area contributed by atoms with Crippen LogP contribution in [-0.4, -0.2) is 37.7 Å². The van der Waals surface area contributed by atoms with Crippen LogP contribution in [0.2, 0.25) is 0 Å². The normalized spacial score (nSPS) is 10.2. The van der Waals surface area contributed by atoms with Crippen molar-refractivity contribution in [2.24, 2.45) is 9.98 Å². The Morgan fingerprint density at radius 1 is 0.792 bits per heavy atom. The summed E-state index contributed by atoms with van der Waals surface area (Å²) in [6.45, 7) is 1.20. The maximum absolute atomic E-state index is 11.4. The Labute approximate surface area is 152 Å². The molecule has 131 valence electrons. The van der Waals surface area contributed by atoms with Crippen LogP contribution in [0.4, 0.5) is 0 Å². The fourth-order valence-corrected chi connectivity index (χ4v) is 1.75. The average Bonchev–Trinajstić information content (AvgIpc) is 2.59. The molecule has 1 radical (unpaired) electrons. The number of hydrogen-bond donors (Lipinski definition) is 1. The molecule has 0 unspecified atom stereocenters. The minimum atomic E-state index is -0.0219. The summed E-state index contributed by atoms with van der Waals surface area (Å²) in [5, 5.41) is 29.9. The van der Waals surface area contributed by atoms with Crippen molar-refractivity contribution in [3.05, 3.63) is 59.7 Å². The molecule has 0 aliphatic rings. The molecule has 5 nitrogen and oxygen atoms in total. The zero-order valence-corrected chi connectivity index (χ0v) is 14.3. The molecule has 24 heavy (non-hydrogen) atoms. The molecule has 0 fully saturated rings. The second-order valence-electron chi connectivity index (χ2n) is 4.50. The number of aliphatic hydroxyl groups excluding tert-OH is 1. The number of aliphatic imine (C=N–C) groups is 2. The molecule has 2 aromatic rings. The molecule has 0 spiro atoms. The van der Waals surface area contributed by atoms with Crippen molar-refractivity contribution in [3.63, 3.8) is 0 Å². The summed E-state index contributed by atoms with van der Waals surface area (Å²) in [4.78, 5) is 8.41. The molecule has 0 aliphatic heterocycles. The van der Waals surface area contributed by atoms with Gasteiger partial charge in [0, 0.05) is 32.6 Å². The Morgan fingerprint density at radius 3 is 1.54 bits per heavy atom. The van der Waals surface area contributed by atoms with Crippen molar-refractivity contribution in [1.29, 1.82) is 0 Å². The Hall–Kier alpha value is -2.14. The van der Waals surface area contributed by atoms with Gasteiger partial charge in [-0.25, -0.2) is 0 Å². The van der Waals surface area contributed by atoms with Crippen LogP contribution < -0.4 is 10.2 Å². The predicted octanol–water partition coefficient (Wildman–Crippen LogP) is 1.37. The summed E-state index contributed by atoms with van der Waals surface area (Å²) < 4.78 is 0. The van der Waals surface area contributed by atoms with E-state index in [1.165, 1.54) is 12.1 Å². The minimum absolute atomic E-state index is 0. The van der Waals surface area contributed by atoms with Gasteiger partial charge < -0.3 is 15.3 Å². The van der Waals surface area contributed by atoms with E-state index in [4.69, 9.17) is 5.11 Å². The zero-order valence-electron chi connectivity index (χ0n) is 13.4. The average molecular weight is 376 g/mol. The van der Waals surface area contributed by atoms with Gasteiger partial charge in [-0.05, 0) is 17.5 Å². The van der Waals surface area contributed by atoms with Crippen molar-refractivity contribution < 1.29 is 32.4 Å². The van der Waals surface area contributed by atoms with Crippen LogP contribution in [0.3, 0.4) is 0 Å². The maximum Gasteiger partial charge on any atom is 2.00 e. The molecular weight excluding hydrogens is 356 g/mol. The Morgan fingerprint density at radius 2 is 1.17 bits per heavy atom. The van der Waals surface area contributed by atoms with Crippen LogP contribution in [0.25, 0.3) is 0 Å². The smallest absolute Gasteiger partial charge is 0.872 e. The van der Waals surface area contributed by atoms with Gasteiger partial charge in [-0.3, -0.25) is 9.98 Å². The van der Waals surface area contributed by atoms with Gasteiger partial charge in [0.2, 0.25) is 0 Å². The topological polar surface area (TPSA) is 91.1 Å². The van der Waals surface area contributed by atoms with E-state index in [1.807, 2.05) is 12.1 Å². The number of rotatable bonds is 6. The van der Waals surface area contributed by atoms with Gasteiger partial charge in [0.1, 0.15) is 0 Å². The first-order chi connectivity index (χ1) is 11.3. The largest absolute Gasteiger partial charge is 2.00 e. The maximum atomic E-state index is 11.4. The second-order valence-corrected chi connectivity index (χ2v) is 4.50. The molecule has 2 rings (SSSR count). The zero-order chi connectivity index (χ0) is 16.9. The standard InChI is InChI=1S/C17H18N2O2.CH4O.Cu/c20-16-8-3-1-6-14(16)12-18-10-5-11-19-13-15-7-2-4-9-17(15)21;1-2;/h1-4,6-9,12-13,20-21H,5,10-11H2;2H,1H3;/q;;+2/p-2. The Balaban J connectivity index is 0.00000170. The number of para-hydroxylation sites is 2. The van der Waals surface area contributed by atoms with Crippen LogP contribution in [-0.2, 0) is 17.1 Å².